The van der Waals surface area contributed by atoms with E-state index in [0.29, 0.717) is 19.1 Å². The molecule has 4 heteroatoms. The third kappa shape index (κ3) is 3.48. The molecule has 1 heterocycles. The molecule has 1 amide bonds. The Morgan fingerprint density at radius 3 is 2.68 bits per heavy atom. The summed E-state index contributed by atoms with van der Waals surface area (Å²) < 4.78 is 0. The van der Waals surface area contributed by atoms with Crippen molar-refractivity contribution in [1.29, 1.82) is 0 Å². The molecular weight excluding hydrogens is 310 g/mol. The Balaban J connectivity index is 1.50. The van der Waals surface area contributed by atoms with Crippen LogP contribution in [-0.4, -0.2) is 29.9 Å². The number of nitrogen functional groups attached to an aromatic ring is 1. The lowest BCUT2D eigenvalue weighted by Crippen LogP contribution is -2.43. The molecule has 0 unspecified atom stereocenters. The van der Waals surface area contributed by atoms with Crippen molar-refractivity contribution in [1.82, 2.24) is 4.90 Å². The number of fused-ring (bicyclic) bond motifs is 1. The number of carbonyl (C=O) groups is 1. The van der Waals surface area contributed by atoms with E-state index in [1.807, 2.05) is 30.3 Å². The minimum absolute atomic E-state index is 0.224. The van der Waals surface area contributed by atoms with Crippen molar-refractivity contribution in [3.63, 3.8) is 0 Å². The molecule has 4 nitrogen and oxygen atoms in total. The van der Waals surface area contributed by atoms with Crippen LogP contribution in [0.25, 0.3) is 0 Å². The summed E-state index contributed by atoms with van der Waals surface area (Å²) in [5.41, 5.74) is 10.5. The molecule has 2 aliphatic rings. The second-order valence-electron chi connectivity index (χ2n) is 7.11. The Morgan fingerprint density at radius 2 is 1.92 bits per heavy atom. The Kier molecular flexibility index (Phi) is 4.35. The number of hydrogen-bond donors (Lipinski definition) is 1. The predicted molar refractivity (Wildman–Crippen MR) is 101 cm³/mol. The number of carbonyl (C=O) groups excluding carboxylic acids is 1. The van der Waals surface area contributed by atoms with Crippen molar-refractivity contribution in [3.05, 3.63) is 59.7 Å². The molecule has 0 saturated heterocycles. The van der Waals surface area contributed by atoms with Crippen molar-refractivity contribution in [2.45, 2.75) is 38.3 Å². The maximum absolute atomic E-state index is 13.0. The Bertz CT molecular complexity index is 755. The van der Waals surface area contributed by atoms with E-state index in [2.05, 4.69) is 28.0 Å². The first-order valence-corrected chi connectivity index (χ1v) is 9.18. The summed E-state index contributed by atoms with van der Waals surface area (Å²) in [7, 11) is 0. The van der Waals surface area contributed by atoms with Gasteiger partial charge in [0.15, 0.2) is 0 Å². The standard InChI is InChI=1S/C21H25N3O/c22-19-9-4-10-20-18(19)8-5-13-23(20)15-21(25)24(17-11-12-17)14-16-6-2-1-3-7-16/h1-4,6-7,9-10,17H,5,8,11-15,22H2. The largest absolute Gasteiger partial charge is 0.398 e. The zero-order valence-electron chi connectivity index (χ0n) is 14.5. The van der Waals surface area contributed by atoms with Crippen LogP contribution in [0.4, 0.5) is 11.4 Å². The molecule has 0 radical (unpaired) electrons. The number of amides is 1. The molecule has 0 bridgehead atoms. The molecule has 1 saturated carbocycles. The van der Waals surface area contributed by atoms with E-state index in [0.717, 1.165) is 43.6 Å². The van der Waals surface area contributed by atoms with E-state index in [1.165, 1.54) is 11.1 Å². The molecule has 0 aromatic heterocycles. The smallest absolute Gasteiger partial charge is 0.242 e. The van der Waals surface area contributed by atoms with Crippen molar-refractivity contribution < 1.29 is 4.79 Å². The molecule has 130 valence electrons. The van der Waals surface area contributed by atoms with Crippen LogP contribution in [0, 0.1) is 0 Å². The van der Waals surface area contributed by atoms with E-state index in [1.54, 1.807) is 0 Å². The van der Waals surface area contributed by atoms with Gasteiger partial charge >= 0.3 is 0 Å². The van der Waals surface area contributed by atoms with Gasteiger partial charge in [-0.2, -0.15) is 0 Å². The molecule has 2 aromatic rings. The quantitative estimate of drug-likeness (QED) is 0.854. The molecule has 2 aromatic carbocycles. The third-order valence-corrected chi connectivity index (χ3v) is 5.21. The van der Waals surface area contributed by atoms with Crippen LogP contribution in [0.15, 0.2) is 48.5 Å². The number of benzene rings is 2. The average Bonchev–Trinajstić information content (AvgIpc) is 3.46. The molecule has 4 rings (SSSR count). The highest BCUT2D eigenvalue weighted by molar-refractivity contribution is 5.83. The van der Waals surface area contributed by atoms with Crippen LogP contribution in [0.3, 0.4) is 0 Å². The summed E-state index contributed by atoms with van der Waals surface area (Å²) in [5.74, 6) is 0.224. The lowest BCUT2D eigenvalue weighted by Gasteiger charge is -2.33. The van der Waals surface area contributed by atoms with Crippen molar-refractivity contribution in [2.24, 2.45) is 0 Å². The Labute approximate surface area is 149 Å². The average molecular weight is 335 g/mol. The summed E-state index contributed by atoms with van der Waals surface area (Å²) >= 11 is 0. The van der Waals surface area contributed by atoms with Crippen LogP contribution in [0.1, 0.15) is 30.4 Å². The third-order valence-electron chi connectivity index (χ3n) is 5.21. The number of anilines is 2. The van der Waals surface area contributed by atoms with Gasteiger partial charge in [-0.05, 0) is 48.9 Å². The molecule has 2 N–H and O–H groups in total. The topological polar surface area (TPSA) is 49.6 Å². The van der Waals surface area contributed by atoms with Gasteiger partial charge in [0.05, 0.1) is 6.54 Å². The van der Waals surface area contributed by atoms with Crippen LogP contribution >= 0.6 is 0 Å². The first-order valence-electron chi connectivity index (χ1n) is 9.18. The van der Waals surface area contributed by atoms with Gasteiger partial charge in [0.2, 0.25) is 5.91 Å². The summed E-state index contributed by atoms with van der Waals surface area (Å²) in [5, 5.41) is 0. The predicted octanol–water partition coefficient (Wildman–Crippen LogP) is 3.21. The van der Waals surface area contributed by atoms with Gasteiger partial charge in [-0.15, -0.1) is 0 Å². The second-order valence-corrected chi connectivity index (χ2v) is 7.11. The van der Waals surface area contributed by atoms with Crippen molar-refractivity contribution in [3.8, 4) is 0 Å². The van der Waals surface area contributed by atoms with Gasteiger partial charge in [0, 0.05) is 30.5 Å². The lowest BCUT2D eigenvalue weighted by atomic mass is 10.00. The van der Waals surface area contributed by atoms with Crippen LogP contribution in [-0.2, 0) is 17.8 Å². The fourth-order valence-corrected chi connectivity index (χ4v) is 3.73. The number of hydrogen-bond acceptors (Lipinski definition) is 3. The highest BCUT2D eigenvalue weighted by atomic mass is 16.2. The lowest BCUT2D eigenvalue weighted by molar-refractivity contribution is -0.130. The Hall–Kier alpha value is -2.49. The fraction of sp³-hybridized carbons (Fsp3) is 0.381. The van der Waals surface area contributed by atoms with E-state index in [4.69, 9.17) is 5.73 Å². The zero-order chi connectivity index (χ0) is 17.2. The van der Waals surface area contributed by atoms with Gasteiger partial charge in [-0.25, -0.2) is 0 Å². The molecule has 1 fully saturated rings. The highest BCUT2D eigenvalue weighted by Gasteiger charge is 2.33. The number of rotatable bonds is 5. The summed E-state index contributed by atoms with van der Waals surface area (Å²) in [4.78, 5) is 17.3. The van der Waals surface area contributed by atoms with Gasteiger partial charge < -0.3 is 15.5 Å². The first-order chi connectivity index (χ1) is 12.2. The molecule has 0 spiro atoms. The van der Waals surface area contributed by atoms with Gasteiger partial charge in [0.1, 0.15) is 0 Å². The zero-order valence-corrected chi connectivity index (χ0v) is 14.5. The fourth-order valence-electron chi connectivity index (χ4n) is 3.73. The monoisotopic (exact) mass is 335 g/mol. The minimum Gasteiger partial charge on any atom is -0.398 e. The first kappa shape index (κ1) is 16.0. The highest BCUT2D eigenvalue weighted by Crippen LogP contribution is 2.32. The van der Waals surface area contributed by atoms with Gasteiger partial charge in [0.25, 0.3) is 0 Å². The second kappa shape index (κ2) is 6.79. The van der Waals surface area contributed by atoms with Crippen LogP contribution < -0.4 is 10.6 Å². The molecular formula is C21H25N3O. The minimum atomic E-state index is 0.224. The van der Waals surface area contributed by atoms with Crippen molar-refractivity contribution in [2.75, 3.05) is 23.7 Å². The summed E-state index contributed by atoms with van der Waals surface area (Å²) in [6.07, 6.45) is 4.31. The van der Waals surface area contributed by atoms with Crippen molar-refractivity contribution >= 4 is 17.3 Å². The van der Waals surface area contributed by atoms with E-state index < -0.39 is 0 Å². The van der Waals surface area contributed by atoms with Crippen LogP contribution in [0.5, 0.6) is 0 Å². The summed E-state index contributed by atoms with van der Waals surface area (Å²) in [6.45, 7) is 2.08. The SMILES string of the molecule is Nc1cccc2c1CCCN2CC(=O)N(Cc1ccccc1)C1CC1. The molecule has 1 aliphatic heterocycles. The number of nitrogens with two attached hydrogens (primary N) is 1. The Morgan fingerprint density at radius 1 is 1.12 bits per heavy atom. The van der Waals surface area contributed by atoms with E-state index in [-0.39, 0.29) is 5.91 Å². The van der Waals surface area contributed by atoms with Gasteiger partial charge in [-0.3, -0.25) is 4.79 Å². The van der Waals surface area contributed by atoms with Crippen LogP contribution in [0.2, 0.25) is 0 Å². The van der Waals surface area contributed by atoms with Gasteiger partial charge in [-0.1, -0.05) is 36.4 Å². The molecule has 0 atom stereocenters. The molecule has 25 heavy (non-hydrogen) atoms. The van der Waals surface area contributed by atoms with E-state index >= 15 is 0 Å². The maximum atomic E-state index is 13.0. The molecule has 1 aliphatic carbocycles. The summed E-state index contributed by atoms with van der Waals surface area (Å²) in [6, 6.07) is 16.7. The maximum Gasteiger partial charge on any atom is 0.242 e. The normalized spacial score (nSPS) is 16.4. The number of nitrogens with zero attached hydrogens (tertiary/aromatic N) is 2. The van der Waals surface area contributed by atoms with E-state index in [9.17, 15) is 4.79 Å².